The summed E-state index contributed by atoms with van der Waals surface area (Å²) in [5.74, 6) is 0. The molecule has 0 atom stereocenters. The van der Waals surface area contributed by atoms with Crippen molar-refractivity contribution in [1.29, 1.82) is 0 Å². The van der Waals surface area contributed by atoms with Gasteiger partial charge in [-0.2, -0.15) is 0 Å². The highest BCUT2D eigenvalue weighted by molar-refractivity contribution is 4.78. The smallest absolute Gasteiger partial charge is 0.0445 e. The van der Waals surface area contributed by atoms with Gasteiger partial charge < -0.3 is 0 Å². The average molecular weight is 57.1 g/mol. The molecule has 0 saturated carbocycles. The van der Waals surface area contributed by atoms with Crippen LogP contribution >= 0.6 is 0 Å². The second-order valence-corrected chi connectivity index (χ2v) is 1.21. The molecular formula is C4H8. The molecule has 0 aromatic rings. The fourth-order valence-electron chi connectivity index (χ4n) is 0. The summed E-state index contributed by atoms with van der Waals surface area (Å²) in [6, 6.07) is 0. The topological polar surface area (TPSA) is 0 Å². The van der Waals surface area contributed by atoms with Gasteiger partial charge in [-0.3, -0.25) is 0 Å². The van der Waals surface area contributed by atoms with Crippen molar-refractivity contribution < 1.29 is 0 Å². The van der Waals surface area contributed by atoms with Crippen molar-refractivity contribution in [3.63, 3.8) is 0 Å². The maximum Gasteiger partial charge on any atom is -0.0445 e. The van der Waals surface area contributed by atoms with Gasteiger partial charge in [-0.1, -0.05) is 5.57 Å². The highest BCUT2D eigenvalue weighted by Crippen LogP contribution is 1.73. The van der Waals surface area contributed by atoms with Gasteiger partial charge in [-0.25, -0.2) is 0 Å². The molecule has 0 aromatic heterocycles. The van der Waals surface area contributed by atoms with E-state index in [1.165, 1.54) is 5.57 Å². The molecule has 0 aromatic carbocycles. The summed E-state index contributed by atoms with van der Waals surface area (Å²) in [7, 11) is 0. The van der Waals surface area contributed by atoms with Crippen molar-refractivity contribution in [1.82, 2.24) is 0 Å². The lowest BCUT2D eigenvalue weighted by Crippen LogP contribution is -1.43. The first-order valence-electron chi connectivity index (χ1n) is 1.35. The SMILES string of the molecule is CC(C)=[13CH2]. The fourth-order valence-corrected chi connectivity index (χ4v) is 0. The first kappa shape index (κ1) is 3.74. The molecule has 0 spiro atoms. The molecule has 0 N–H and O–H groups in total. The van der Waals surface area contributed by atoms with E-state index in [4.69, 9.17) is 0 Å². The Labute approximate surface area is 27.1 Å². The van der Waals surface area contributed by atoms with E-state index in [1.54, 1.807) is 0 Å². The Morgan fingerprint density at radius 3 is 1.50 bits per heavy atom. The van der Waals surface area contributed by atoms with Gasteiger partial charge in [0.25, 0.3) is 0 Å². The lowest BCUT2D eigenvalue weighted by molar-refractivity contribution is 1.42. The van der Waals surface area contributed by atoms with E-state index in [1.807, 2.05) is 13.8 Å². The third-order valence-corrected chi connectivity index (χ3v) is 0. The van der Waals surface area contributed by atoms with Crippen LogP contribution in [0.2, 0.25) is 0 Å². The molecule has 0 unspecified atom stereocenters. The average Bonchev–Trinajstić information content (AvgIpc) is 0.811. The van der Waals surface area contributed by atoms with Crippen molar-refractivity contribution >= 4 is 0 Å². The minimum Gasteiger partial charge on any atom is -0.100 e. The van der Waals surface area contributed by atoms with E-state index >= 15 is 0 Å². The summed E-state index contributed by atoms with van der Waals surface area (Å²) in [6.45, 7) is 7.50. The Kier molecular flexibility index (Phi) is 1.03. The Morgan fingerprint density at radius 1 is 1.50 bits per heavy atom. The highest BCUT2D eigenvalue weighted by atomic mass is 13.8. The number of hydrogen-bond donors (Lipinski definition) is 0. The van der Waals surface area contributed by atoms with Crippen LogP contribution in [-0.4, -0.2) is 0 Å². The predicted molar refractivity (Wildman–Crippen MR) is 20.5 cm³/mol. The van der Waals surface area contributed by atoms with Crippen LogP contribution in [0.3, 0.4) is 0 Å². The van der Waals surface area contributed by atoms with Crippen molar-refractivity contribution in [2.45, 2.75) is 13.8 Å². The van der Waals surface area contributed by atoms with Crippen molar-refractivity contribution in [3.05, 3.63) is 12.2 Å². The van der Waals surface area contributed by atoms with Crippen LogP contribution in [0.5, 0.6) is 0 Å². The first-order chi connectivity index (χ1) is 1.73. The monoisotopic (exact) mass is 57.1 g/mol. The maximum atomic E-state index is 3.56. The summed E-state index contributed by atoms with van der Waals surface area (Å²) in [6.07, 6.45) is 0. The standard InChI is InChI=1S/C4H8/c1-4(2)3/h1H2,2-3H3/i1+1. The van der Waals surface area contributed by atoms with Crippen molar-refractivity contribution in [2.24, 2.45) is 0 Å². The van der Waals surface area contributed by atoms with Gasteiger partial charge in [0.2, 0.25) is 0 Å². The van der Waals surface area contributed by atoms with E-state index in [0.717, 1.165) is 0 Å². The summed E-state index contributed by atoms with van der Waals surface area (Å²) < 4.78 is 0. The number of allylic oxidation sites excluding steroid dienone is 1. The Morgan fingerprint density at radius 2 is 1.50 bits per heavy atom. The molecule has 0 radical (unpaired) electrons. The summed E-state index contributed by atoms with van der Waals surface area (Å²) in [4.78, 5) is 0. The van der Waals surface area contributed by atoms with Crippen molar-refractivity contribution in [3.8, 4) is 0 Å². The highest BCUT2D eigenvalue weighted by Gasteiger charge is 1.51. The lowest BCUT2D eigenvalue weighted by atomic mass is 10.5. The second-order valence-electron chi connectivity index (χ2n) is 1.21. The van der Waals surface area contributed by atoms with Gasteiger partial charge in [0, 0.05) is 0 Å². The van der Waals surface area contributed by atoms with E-state index in [-0.39, 0.29) is 0 Å². The number of hydrogen-bond acceptors (Lipinski definition) is 0. The molecule has 0 saturated heterocycles. The summed E-state index contributed by atoms with van der Waals surface area (Å²) in [5, 5.41) is 0. The zero-order valence-electron chi connectivity index (χ0n) is 3.21. The zero-order valence-corrected chi connectivity index (χ0v) is 3.21. The zero-order chi connectivity index (χ0) is 3.58. The fraction of sp³-hybridized carbons (Fsp3) is 0.500. The number of rotatable bonds is 0. The van der Waals surface area contributed by atoms with Crippen molar-refractivity contribution in [2.75, 3.05) is 0 Å². The van der Waals surface area contributed by atoms with Gasteiger partial charge in [0.1, 0.15) is 0 Å². The summed E-state index contributed by atoms with van der Waals surface area (Å²) in [5.41, 5.74) is 1.17. The normalized spacial score (nSPS) is 6.50. The first-order valence-corrected chi connectivity index (χ1v) is 1.35. The molecule has 24 valence electrons. The molecule has 0 aliphatic carbocycles. The van der Waals surface area contributed by atoms with E-state index in [9.17, 15) is 0 Å². The minimum absolute atomic E-state index is 1.17. The largest absolute Gasteiger partial charge is 0.100 e. The Hall–Kier alpha value is -0.260. The van der Waals surface area contributed by atoms with Crippen LogP contribution in [0, 0.1) is 0 Å². The lowest BCUT2D eigenvalue weighted by Gasteiger charge is -1.65. The molecule has 0 aliphatic heterocycles. The van der Waals surface area contributed by atoms with E-state index < -0.39 is 0 Å². The predicted octanol–water partition coefficient (Wildman–Crippen LogP) is 1.58. The van der Waals surface area contributed by atoms with Gasteiger partial charge in [-0.05, 0) is 13.8 Å². The molecule has 4 heavy (non-hydrogen) atoms. The minimum atomic E-state index is 1.17. The van der Waals surface area contributed by atoms with E-state index in [0.29, 0.717) is 0 Å². The van der Waals surface area contributed by atoms with Crippen LogP contribution in [0.1, 0.15) is 13.8 Å². The van der Waals surface area contributed by atoms with Gasteiger partial charge in [0.15, 0.2) is 0 Å². The van der Waals surface area contributed by atoms with Crippen LogP contribution < -0.4 is 0 Å². The van der Waals surface area contributed by atoms with E-state index in [2.05, 4.69) is 6.58 Å². The molecular weight excluding hydrogens is 49.0 g/mol. The van der Waals surface area contributed by atoms with Crippen LogP contribution in [-0.2, 0) is 0 Å². The van der Waals surface area contributed by atoms with Crippen LogP contribution in [0.4, 0.5) is 0 Å². The molecule has 0 heterocycles. The molecule has 0 aliphatic rings. The molecule has 0 rings (SSSR count). The molecule has 0 heteroatoms. The third-order valence-electron chi connectivity index (χ3n) is 0. The van der Waals surface area contributed by atoms with Crippen LogP contribution in [0.15, 0.2) is 12.2 Å². The van der Waals surface area contributed by atoms with Crippen LogP contribution in [0.25, 0.3) is 0 Å². The second kappa shape index (κ2) is 1.10. The molecule has 0 nitrogen and oxygen atoms in total. The van der Waals surface area contributed by atoms with Gasteiger partial charge in [0.05, 0.1) is 0 Å². The quantitative estimate of drug-likeness (QED) is 0.292. The molecule has 0 fully saturated rings. The van der Waals surface area contributed by atoms with Gasteiger partial charge >= 0.3 is 0 Å². The van der Waals surface area contributed by atoms with Gasteiger partial charge in [-0.15, -0.1) is 6.58 Å². The molecule has 0 amide bonds. The Balaban J connectivity index is 2.80. The maximum absolute atomic E-state index is 3.56. The Bertz CT molecular complexity index is 23.0. The molecule has 0 bridgehead atoms. The third kappa shape index (κ3) is 14.1. The summed E-state index contributed by atoms with van der Waals surface area (Å²) >= 11 is 0.